The van der Waals surface area contributed by atoms with Gasteiger partial charge in [0.2, 0.25) is 0 Å². The van der Waals surface area contributed by atoms with E-state index in [0.29, 0.717) is 5.41 Å². The highest BCUT2D eigenvalue weighted by Crippen LogP contribution is 2.20. The SMILES string of the molecule is CC(C)(C)CCC=Cc1ccccc1. The van der Waals surface area contributed by atoms with Crippen molar-refractivity contribution < 1.29 is 0 Å². The van der Waals surface area contributed by atoms with E-state index in [1.807, 2.05) is 6.07 Å². The lowest BCUT2D eigenvalue weighted by Gasteiger charge is -2.15. The molecule has 1 aromatic rings. The molecule has 0 atom stereocenters. The van der Waals surface area contributed by atoms with Gasteiger partial charge in [-0.3, -0.25) is 0 Å². The van der Waals surface area contributed by atoms with Gasteiger partial charge >= 0.3 is 0 Å². The van der Waals surface area contributed by atoms with E-state index < -0.39 is 0 Å². The van der Waals surface area contributed by atoms with E-state index in [1.54, 1.807) is 0 Å². The molecule has 0 unspecified atom stereocenters. The Morgan fingerprint density at radius 1 is 1.07 bits per heavy atom. The third-order valence-electron chi connectivity index (χ3n) is 2.17. The van der Waals surface area contributed by atoms with Gasteiger partial charge in [0.15, 0.2) is 0 Å². The smallest absolute Gasteiger partial charge is 0.0260 e. The lowest BCUT2D eigenvalue weighted by Crippen LogP contribution is -2.02. The highest BCUT2D eigenvalue weighted by molar-refractivity contribution is 5.48. The van der Waals surface area contributed by atoms with Crippen LogP contribution in [-0.2, 0) is 0 Å². The van der Waals surface area contributed by atoms with Gasteiger partial charge in [-0.15, -0.1) is 0 Å². The molecule has 0 heteroatoms. The van der Waals surface area contributed by atoms with E-state index >= 15 is 0 Å². The Balaban J connectivity index is 2.35. The zero-order chi connectivity index (χ0) is 10.4. The minimum atomic E-state index is 0.445. The Labute approximate surface area is 87.7 Å². The molecule has 1 aromatic carbocycles. The van der Waals surface area contributed by atoms with Crippen molar-refractivity contribution in [1.82, 2.24) is 0 Å². The molecule has 76 valence electrons. The van der Waals surface area contributed by atoms with Crippen LogP contribution in [0.5, 0.6) is 0 Å². The van der Waals surface area contributed by atoms with Crippen molar-refractivity contribution in [3.8, 4) is 0 Å². The first kappa shape index (κ1) is 11.0. The predicted molar refractivity (Wildman–Crippen MR) is 64.2 cm³/mol. The molecule has 0 bridgehead atoms. The van der Waals surface area contributed by atoms with Crippen molar-refractivity contribution in [1.29, 1.82) is 0 Å². The van der Waals surface area contributed by atoms with Gasteiger partial charge in [0.05, 0.1) is 0 Å². The molecule has 14 heavy (non-hydrogen) atoms. The molecule has 0 aliphatic heterocycles. The molecule has 0 fully saturated rings. The highest BCUT2D eigenvalue weighted by atomic mass is 14.1. The molecule has 0 amide bonds. The van der Waals surface area contributed by atoms with Crippen molar-refractivity contribution in [3.05, 3.63) is 42.0 Å². The monoisotopic (exact) mass is 188 g/mol. The van der Waals surface area contributed by atoms with Gasteiger partial charge in [-0.2, -0.15) is 0 Å². The van der Waals surface area contributed by atoms with Gasteiger partial charge < -0.3 is 0 Å². The summed E-state index contributed by atoms with van der Waals surface area (Å²) in [5.41, 5.74) is 1.74. The van der Waals surface area contributed by atoms with Crippen LogP contribution in [0, 0.1) is 5.41 Å². The van der Waals surface area contributed by atoms with Gasteiger partial charge in [-0.1, -0.05) is 63.3 Å². The summed E-state index contributed by atoms with van der Waals surface area (Å²) in [7, 11) is 0. The van der Waals surface area contributed by atoms with Crippen molar-refractivity contribution in [2.75, 3.05) is 0 Å². The van der Waals surface area contributed by atoms with Crippen LogP contribution in [0.1, 0.15) is 39.2 Å². The van der Waals surface area contributed by atoms with Crippen LogP contribution < -0.4 is 0 Å². The molecule has 0 N–H and O–H groups in total. The number of rotatable bonds is 3. The van der Waals surface area contributed by atoms with Crippen molar-refractivity contribution >= 4 is 6.08 Å². The van der Waals surface area contributed by atoms with Crippen molar-refractivity contribution in [2.24, 2.45) is 5.41 Å². The molecule has 0 aliphatic carbocycles. The molecule has 0 saturated carbocycles. The summed E-state index contributed by atoms with van der Waals surface area (Å²) < 4.78 is 0. The van der Waals surface area contributed by atoms with Crippen molar-refractivity contribution in [2.45, 2.75) is 33.6 Å². The fourth-order valence-corrected chi connectivity index (χ4v) is 1.30. The quantitative estimate of drug-likeness (QED) is 0.654. The number of hydrogen-bond donors (Lipinski definition) is 0. The number of allylic oxidation sites excluding steroid dienone is 1. The summed E-state index contributed by atoms with van der Waals surface area (Å²) >= 11 is 0. The number of hydrogen-bond acceptors (Lipinski definition) is 0. The van der Waals surface area contributed by atoms with E-state index in [-0.39, 0.29) is 0 Å². The second kappa shape index (κ2) is 4.99. The lowest BCUT2D eigenvalue weighted by molar-refractivity contribution is 0.382. The van der Waals surface area contributed by atoms with Gasteiger partial charge in [0.25, 0.3) is 0 Å². The highest BCUT2D eigenvalue weighted by Gasteiger charge is 2.07. The van der Waals surface area contributed by atoms with Crippen molar-refractivity contribution in [3.63, 3.8) is 0 Å². The summed E-state index contributed by atoms with van der Waals surface area (Å²) in [5, 5.41) is 0. The zero-order valence-corrected chi connectivity index (χ0v) is 9.46. The van der Waals surface area contributed by atoms with Gasteiger partial charge in [0.1, 0.15) is 0 Å². The van der Waals surface area contributed by atoms with Crippen LogP contribution in [0.25, 0.3) is 6.08 Å². The summed E-state index contributed by atoms with van der Waals surface area (Å²) in [6.07, 6.45) is 6.88. The Kier molecular flexibility index (Phi) is 3.94. The fraction of sp³-hybridized carbons (Fsp3) is 0.429. The Bertz CT molecular complexity index is 275. The van der Waals surface area contributed by atoms with E-state index in [1.165, 1.54) is 18.4 Å². The van der Waals surface area contributed by atoms with Gasteiger partial charge in [0, 0.05) is 0 Å². The Morgan fingerprint density at radius 2 is 1.71 bits per heavy atom. The first-order valence-electron chi connectivity index (χ1n) is 5.29. The molecule has 0 radical (unpaired) electrons. The molecule has 0 heterocycles. The third-order valence-corrected chi connectivity index (χ3v) is 2.17. The zero-order valence-electron chi connectivity index (χ0n) is 9.46. The van der Waals surface area contributed by atoms with Crippen LogP contribution in [0.15, 0.2) is 36.4 Å². The van der Waals surface area contributed by atoms with Crippen LogP contribution in [0.3, 0.4) is 0 Å². The molecule has 0 nitrogen and oxygen atoms in total. The number of benzene rings is 1. The van der Waals surface area contributed by atoms with E-state index in [4.69, 9.17) is 0 Å². The average molecular weight is 188 g/mol. The molecule has 0 saturated heterocycles. The molecule has 1 rings (SSSR count). The van der Waals surface area contributed by atoms with E-state index in [0.717, 1.165) is 0 Å². The van der Waals surface area contributed by atoms with Crippen LogP contribution in [-0.4, -0.2) is 0 Å². The minimum Gasteiger partial charge on any atom is -0.0839 e. The lowest BCUT2D eigenvalue weighted by atomic mass is 9.90. The maximum absolute atomic E-state index is 2.28. The Morgan fingerprint density at radius 3 is 2.29 bits per heavy atom. The normalized spacial score (nSPS) is 12.2. The van der Waals surface area contributed by atoms with Crippen LogP contribution in [0.4, 0.5) is 0 Å². The van der Waals surface area contributed by atoms with Gasteiger partial charge in [-0.05, 0) is 23.8 Å². The summed E-state index contributed by atoms with van der Waals surface area (Å²) in [5.74, 6) is 0. The fourth-order valence-electron chi connectivity index (χ4n) is 1.30. The predicted octanol–water partition coefficient (Wildman–Crippen LogP) is 4.53. The molecule has 0 aliphatic rings. The summed E-state index contributed by atoms with van der Waals surface area (Å²) in [6, 6.07) is 10.5. The molecular weight excluding hydrogens is 168 g/mol. The first-order valence-corrected chi connectivity index (χ1v) is 5.29. The summed E-state index contributed by atoms with van der Waals surface area (Å²) in [4.78, 5) is 0. The summed E-state index contributed by atoms with van der Waals surface area (Å²) in [6.45, 7) is 6.84. The Hall–Kier alpha value is -1.04. The van der Waals surface area contributed by atoms with Gasteiger partial charge in [-0.25, -0.2) is 0 Å². The second-order valence-corrected chi connectivity index (χ2v) is 4.91. The second-order valence-electron chi connectivity index (χ2n) is 4.91. The molecular formula is C14H20. The van der Waals surface area contributed by atoms with E-state index in [2.05, 4.69) is 57.2 Å². The largest absolute Gasteiger partial charge is 0.0839 e. The minimum absolute atomic E-state index is 0.445. The third kappa shape index (κ3) is 4.86. The van der Waals surface area contributed by atoms with Crippen LogP contribution in [0.2, 0.25) is 0 Å². The molecule has 0 aromatic heterocycles. The molecule has 0 spiro atoms. The average Bonchev–Trinajstić information content (AvgIpc) is 2.13. The maximum atomic E-state index is 2.28. The standard InChI is InChI=1S/C14H20/c1-14(2,3)12-8-7-11-13-9-5-4-6-10-13/h4-7,9-11H,8,12H2,1-3H3. The topological polar surface area (TPSA) is 0 Å². The maximum Gasteiger partial charge on any atom is -0.0260 e. The first-order chi connectivity index (χ1) is 6.58. The van der Waals surface area contributed by atoms with Crippen LogP contribution >= 0.6 is 0 Å². The van der Waals surface area contributed by atoms with E-state index in [9.17, 15) is 0 Å².